The number of nitrogens with zero attached hydrogens (tertiary/aromatic N) is 4. The van der Waals surface area contributed by atoms with E-state index < -0.39 is 0 Å². The van der Waals surface area contributed by atoms with Gasteiger partial charge in [0, 0.05) is 12.8 Å². The van der Waals surface area contributed by atoms with Crippen LogP contribution in [0.3, 0.4) is 0 Å². The predicted molar refractivity (Wildman–Crippen MR) is 111 cm³/mol. The van der Waals surface area contributed by atoms with Crippen molar-refractivity contribution in [2.45, 2.75) is 17.3 Å². The summed E-state index contributed by atoms with van der Waals surface area (Å²) in [6, 6.07) is 18.4. The highest BCUT2D eigenvalue weighted by atomic mass is 32.2. The number of methoxy groups -OCH3 is 1. The molecule has 0 saturated carbocycles. The second-order valence-corrected chi connectivity index (χ2v) is 7.32. The molecule has 0 radical (unpaired) electrons. The molecule has 2 N–H and O–H groups in total. The lowest BCUT2D eigenvalue weighted by Gasteiger charge is -2.19. The van der Waals surface area contributed by atoms with Crippen LogP contribution in [0.15, 0.2) is 70.9 Å². The zero-order valence-corrected chi connectivity index (χ0v) is 16.6. The first kappa shape index (κ1) is 18.4. The van der Waals surface area contributed by atoms with Gasteiger partial charge in [-0.05, 0) is 23.3 Å². The minimum Gasteiger partial charge on any atom is -0.497 e. The molecule has 0 unspecified atom stereocenters. The average molecular weight is 395 g/mol. The molecule has 1 aliphatic rings. The van der Waals surface area contributed by atoms with Crippen LogP contribution in [0.5, 0.6) is 5.75 Å². The minimum absolute atomic E-state index is 0.660. The quantitative estimate of drug-likeness (QED) is 0.601. The van der Waals surface area contributed by atoms with Crippen molar-refractivity contribution >= 4 is 17.6 Å². The molecule has 4 rings (SSSR count). The fourth-order valence-corrected chi connectivity index (χ4v) is 3.99. The van der Waals surface area contributed by atoms with E-state index in [0.717, 1.165) is 33.5 Å². The molecule has 28 heavy (non-hydrogen) atoms. The van der Waals surface area contributed by atoms with E-state index in [1.165, 1.54) is 5.56 Å². The summed E-state index contributed by atoms with van der Waals surface area (Å²) < 4.78 is 7.13. The number of hydrogen-bond donors (Lipinski definition) is 2. The number of benzene rings is 2. The summed E-state index contributed by atoms with van der Waals surface area (Å²) in [5.41, 5.74) is 9.38. The van der Waals surface area contributed by atoms with Gasteiger partial charge in [0.2, 0.25) is 0 Å². The molecular formula is C20H22N6OS. The van der Waals surface area contributed by atoms with E-state index >= 15 is 0 Å². The van der Waals surface area contributed by atoms with Crippen molar-refractivity contribution in [3.63, 3.8) is 0 Å². The van der Waals surface area contributed by atoms with Crippen molar-refractivity contribution in [2.24, 2.45) is 12.1 Å². The molecule has 0 saturated heterocycles. The molecular weight excluding hydrogens is 372 g/mol. The van der Waals surface area contributed by atoms with Crippen LogP contribution in [0, 0.1) is 0 Å². The van der Waals surface area contributed by atoms with Crippen LogP contribution >= 0.6 is 11.8 Å². The van der Waals surface area contributed by atoms with Gasteiger partial charge in [-0.15, -0.1) is 22.4 Å². The van der Waals surface area contributed by atoms with E-state index in [4.69, 9.17) is 4.74 Å². The van der Waals surface area contributed by atoms with Gasteiger partial charge in [-0.25, -0.2) is 5.53 Å². The molecule has 0 spiro atoms. The van der Waals surface area contributed by atoms with E-state index in [9.17, 15) is 0 Å². The fraction of sp³-hybridized carbons (Fsp3) is 0.200. The molecule has 3 aromatic rings. The zero-order valence-electron chi connectivity index (χ0n) is 15.8. The van der Waals surface area contributed by atoms with Gasteiger partial charge in [0.25, 0.3) is 0 Å². The fourth-order valence-electron chi connectivity index (χ4n) is 2.96. The third kappa shape index (κ3) is 3.97. The van der Waals surface area contributed by atoms with E-state index in [1.54, 1.807) is 18.9 Å². The third-order valence-electron chi connectivity index (χ3n) is 4.45. The average Bonchev–Trinajstić information content (AvgIpc) is 3.33. The Bertz CT molecular complexity index is 955. The Labute approximate surface area is 168 Å². The molecule has 0 atom stereocenters. The highest BCUT2D eigenvalue weighted by molar-refractivity contribution is 7.98. The van der Waals surface area contributed by atoms with Crippen LogP contribution < -0.4 is 15.8 Å². The largest absolute Gasteiger partial charge is 0.497 e. The summed E-state index contributed by atoms with van der Waals surface area (Å²) >= 11 is 1.75. The lowest BCUT2D eigenvalue weighted by atomic mass is 10.2. The number of nitrogens with one attached hydrogen (secondary N) is 2. The Morgan fingerprint density at radius 1 is 1.04 bits per heavy atom. The van der Waals surface area contributed by atoms with Crippen LogP contribution in [0.4, 0.5) is 0 Å². The SMILES string of the molecule is COc1ccc(CN2NNN=C2c2cnn(C)c2SCc2ccccc2)cc1. The second kappa shape index (κ2) is 8.37. The number of thioether (sulfide) groups is 1. The van der Waals surface area contributed by atoms with Gasteiger partial charge >= 0.3 is 0 Å². The van der Waals surface area contributed by atoms with Gasteiger partial charge in [0.1, 0.15) is 10.8 Å². The van der Waals surface area contributed by atoms with Crippen LogP contribution in [-0.2, 0) is 19.3 Å². The van der Waals surface area contributed by atoms with E-state index in [0.29, 0.717) is 6.54 Å². The molecule has 0 amide bonds. The number of ether oxygens (including phenoxy) is 1. The second-order valence-electron chi connectivity index (χ2n) is 6.35. The molecule has 2 aromatic carbocycles. The van der Waals surface area contributed by atoms with Gasteiger partial charge < -0.3 is 4.74 Å². The van der Waals surface area contributed by atoms with Crippen LogP contribution in [-0.4, -0.2) is 27.7 Å². The normalized spacial score (nSPS) is 13.4. The molecule has 7 nitrogen and oxygen atoms in total. The van der Waals surface area contributed by atoms with Crippen molar-refractivity contribution in [2.75, 3.05) is 7.11 Å². The zero-order chi connectivity index (χ0) is 19.3. The van der Waals surface area contributed by atoms with Gasteiger partial charge in [0.05, 0.1) is 25.4 Å². The first-order valence-electron chi connectivity index (χ1n) is 8.92. The maximum Gasteiger partial charge on any atom is 0.177 e. The van der Waals surface area contributed by atoms with Gasteiger partial charge in [-0.1, -0.05) is 42.5 Å². The summed E-state index contributed by atoms with van der Waals surface area (Å²) in [5, 5.41) is 11.9. The highest BCUT2D eigenvalue weighted by Gasteiger charge is 2.24. The van der Waals surface area contributed by atoms with Crippen LogP contribution in [0.25, 0.3) is 0 Å². The lowest BCUT2D eigenvalue weighted by Crippen LogP contribution is -2.40. The number of rotatable bonds is 7. The Kier molecular flexibility index (Phi) is 5.50. The van der Waals surface area contributed by atoms with Crippen molar-refractivity contribution in [1.82, 2.24) is 25.9 Å². The standard InChI is InChI=1S/C20H22N6OS/c1-25-20(28-14-16-6-4-3-5-7-16)18(12-21-25)19-22-23-24-26(19)13-15-8-10-17(27-2)11-9-15/h3-12,23-24H,13-14H2,1-2H3. The van der Waals surface area contributed by atoms with Gasteiger partial charge in [0.15, 0.2) is 5.84 Å². The summed E-state index contributed by atoms with van der Waals surface area (Å²) in [6.45, 7) is 0.660. The molecule has 2 heterocycles. The number of aryl methyl sites for hydroxylation is 1. The summed E-state index contributed by atoms with van der Waals surface area (Å²) in [6.07, 6.45) is 1.86. The van der Waals surface area contributed by atoms with Gasteiger partial charge in [-0.3, -0.25) is 9.69 Å². The maximum absolute atomic E-state index is 5.23. The molecule has 1 aromatic heterocycles. The van der Waals surface area contributed by atoms with E-state index in [1.807, 2.05) is 53.3 Å². The topological polar surface area (TPSA) is 66.7 Å². The summed E-state index contributed by atoms with van der Waals surface area (Å²) in [4.78, 5) is 0. The third-order valence-corrected chi connectivity index (χ3v) is 5.68. The minimum atomic E-state index is 0.660. The molecule has 8 heteroatoms. The number of hydrazone groups is 1. The van der Waals surface area contributed by atoms with Crippen LogP contribution in [0.1, 0.15) is 16.7 Å². The molecule has 144 valence electrons. The number of amidine groups is 1. The number of aromatic nitrogens is 2. The molecule has 0 aliphatic carbocycles. The molecule has 0 bridgehead atoms. The number of hydrazine groups is 2. The Morgan fingerprint density at radius 3 is 2.57 bits per heavy atom. The predicted octanol–water partition coefficient (Wildman–Crippen LogP) is 2.91. The van der Waals surface area contributed by atoms with Crippen molar-refractivity contribution in [3.05, 3.63) is 77.5 Å². The van der Waals surface area contributed by atoms with E-state index in [2.05, 4.69) is 45.5 Å². The monoisotopic (exact) mass is 394 g/mol. The Morgan fingerprint density at radius 2 is 1.82 bits per heavy atom. The molecule has 0 fully saturated rings. The smallest absolute Gasteiger partial charge is 0.177 e. The molecule has 1 aliphatic heterocycles. The highest BCUT2D eigenvalue weighted by Crippen LogP contribution is 2.27. The Hall–Kier alpha value is -2.97. The van der Waals surface area contributed by atoms with Crippen molar-refractivity contribution < 1.29 is 4.74 Å². The first-order valence-corrected chi connectivity index (χ1v) is 9.91. The maximum atomic E-state index is 5.23. The summed E-state index contributed by atoms with van der Waals surface area (Å²) in [5.74, 6) is 2.54. The van der Waals surface area contributed by atoms with Gasteiger partial charge in [-0.2, -0.15) is 5.10 Å². The number of hydrogen-bond acceptors (Lipinski definition) is 7. The summed E-state index contributed by atoms with van der Waals surface area (Å²) in [7, 11) is 3.63. The van der Waals surface area contributed by atoms with E-state index in [-0.39, 0.29) is 0 Å². The van der Waals surface area contributed by atoms with Crippen LogP contribution in [0.2, 0.25) is 0 Å². The van der Waals surface area contributed by atoms with Crippen molar-refractivity contribution in [3.8, 4) is 5.75 Å². The Balaban J connectivity index is 1.51. The first-order chi connectivity index (χ1) is 13.7. The lowest BCUT2D eigenvalue weighted by molar-refractivity contribution is 0.287. The van der Waals surface area contributed by atoms with Crippen molar-refractivity contribution in [1.29, 1.82) is 0 Å².